The van der Waals surface area contributed by atoms with Gasteiger partial charge in [-0.3, -0.25) is 4.79 Å². The zero-order chi connectivity index (χ0) is 15.4. The van der Waals surface area contributed by atoms with Crippen molar-refractivity contribution in [2.24, 2.45) is 5.92 Å². The van der Waals surface area contributed by atoms with E-state index in [0.717, 1.165) is 0 Å². The second kappa shape index (κ2) is 6.25. The molecule has 1 fully saturated rings. The van der Waals surface area contributed by atoms with Gasteiger partial charge < -0.3 is 20.1 Å². The number of carbonyl (C=O) groups is 3. The van der Waals surface area contributed by atoms with Crippen LogP contribution < -0.4 is 5.32 Å². The molecular weight excluding hydrogens is 276 g/mol. The number of carbonyl (C=O) groups excluding carboxylic acids is 2. The molecule has 7 nitrogen and oxygen atoms in total. The monoisotopic (exact) mass is 292 g/mol. The number of rotatable bonds is 3. The number of hydrogen-bond donors (Lipinski definition) is 2. The first-order valence-electron chi connectivity index (χ1n) is 6.48. The van der Waals surface area contributed by atoms with Crippen LogP contribution in [0.15, 0.2) is 24.3 Å². The van der Waals surface area contributed by atoms with Crippen LogP contribution in [0.4, 0.5) is 10.5 Å². The quantitative estimate of drug-likeness (QED) is 0.821. The maximum Gasteiger partial charge on any atom is 0.337 e. The van der Waals surface area contributed by atoms with Crippen molar-refractivity contribution in [2.75, 3.05) is 25.5 Å². The van der Waals surface area contributed by atoms with Crippen molar-refractivity contribution in [2.45, 2.75) is 6.42 Å². The molecule has 0 bridgehead atoms. The standard InChI is InChI=1S/C14H16N2O5/c1-21-13(19)9-3-2-4-11(7-9)15-14(20)16-6-5-10(8-16)12(17)18/h2-4,7,10H,5-6,8H2,1H3,(H,15,20)(H,17,18). The third-order valence-electron chi connectivity index (χ3n) is 3.36. The van der Waals surface area contributed by atoms with E-state index in [-0.39, 0.29) is 12.6 Å². The van der Waals surface area contributed by atoms with Crippen LogP contribution in [-0.4, -0.2) is 48.2 Å². The fraction of sp³-hybridized carbons (Fsp3) is 0.357. The molecule has 0 aliphatic carbocycles. The predicted octanol–water partition coefficient (Wildman–Crippen LogP) is 1.41. The third-order valence-corrected chi connectivity index (χ3v) is 3.36. The number of ether oxygens (including phenoxy) is 1. The van der Waals surface area contributed by atoms with Crippen molar-refractivity contribution < 1.29 is 24.2 Å². The molecule has 1 aromatic rings. The second-order valence-corrected chi connectivity index (χ2v) is 4.77. The van der Waals surface area contributed by atoms with E-state index in [4.69, 9.17) is 5.11 Å². The fourth-order valence-corrected chi connectivity index (χ4v) is 2.19. The Hall–Kier alpha value is -2.57. The number of benzene rings is 1. The highest BCUT2D eigenvalue weighted by molar-refractivity contribution is 5.94. The highest BCUT2D eigenvalue weighted by Crippen LogP contribution is 2.18. The number of carboxylic acid groups (broad SMARTS) is 1. The van der Waals surface area contributed by atoms with Crippen molar-refractivity contribution in [1.29, 1.82) is 0 Å². The van der Waals surface area contributed by atoms with Gasteiger partial charge in [-0.15, -0.1) is 0 Å². The van der Waals surface area contributed by atoms with Crippen molar-refractivity contribution in [1.82, 2.24) is 4.90 Å². The number of hydrogen-bond acceptors (Lipinski definition) is 4. The van der Waals surface area contributed by atoms with Crippen LogP contribution in [0.5, 0.6) is 0 Å². The minimum absolute atomic E-state index is 0.192. The van der Waals surface area contributed by atoms with E-state index in [1.807, 2.05) is 0 Å². The van der Waals surface area contributed by atoms with Gasteiger partial charge in [0.05, 0.1) is 18.6 Å². The SMILES string of the molecule is COC(=O)c1cccc(NC(=O)N2CCC(C(=O)O)C2)c1. The first kappa shape index (κ1) is 14.8. The summed E-state index contributed by atoms with van der Waals surface area (Å²) in [7, 11) is 1.28. The topological polar surface area (TPSA) is 95.9 Å². The van der Waals surface area contributed by atoms with Gasteiger partial charge in [-0.25, -0.2) is 9.59 Å². The summed E-state index contributed by atoms with van der Waals surface area (Å²) < 4.78 is 4.61. The van der Waals surface area contributed by atoms with Crippen molar-refractivity contribution in [3.8, 4) is 0 Å². The first-order chi connectivity index (χ1) is 10.0. The number of urea groups is 1. The Morgan fingerprint density at radius 3 is 2.76 bits per heavy atom. The van der Waals surface area contributed by atoms with Crippen LogP contribution >= 0.6 is 0 Å². The minimum Gasteiger partial charge on any atom is -0.481 e. The number of aliphatic carboxylic acids is 1. The van der Waals surface area contributed by atoms with E-state index in [0.29, 0.717) is 24.2 Å². The molecule has 7 heteroatoms. The van der Waals surface area contributed by atoms with E-state index in [1.54, 1.807) is 18.2 Å². The Labute approximate surface area is 121 Å². The smallest absolute Gasteiger partial charge is 0.337 e. The highest BCUT2D eigenvalue weighted by atomic mass is 16.5. The van der Waals surface area contributed by atoms with Crippen LogP contribution in [0.1, 0.15) is 16.8 Å². The Balaban J connectivity index is 2.00. The molecule has 0 spiro atoms. The molecule has 0 aromatic heterocycles. The largest absolute Gasteiger partial charge is 0.481 e. The van der Waals surface area contributed by atoms with Crippen molar-refractivity contribution in [3.05, 3.63) is 29.8 Å². The number of methoxy groups -OCH3 is 1. The summed E-state index contributed by atoms with van der Waals surface area (Å²) in [6, 6.07) is 5.99. The number of likely N-dealkylation sites (tertiary alicyclic amines) is 1. The van der Waals surface area contributed by atoms with Gasteiger partial charge in [-0.2, -0.15) is 0 Å². The predicted molar refractivity (Wildman–Crippen MR) is 74.1 cm³/mol. The van der Waals surface area contributed by atoms with Crippen LogP contribution in [0.3, 0.4) is 0 Å². The summed E-state index contributed by atoms with van der Waals surface area (Å²) in [5, 5.41) is 11.6. The number of amides is 2. The van der Waals surface area contributed by atoms with E-state index >= 15 is 0 Å². The molecule has 1 aromatic carbocycles. The molecule has 21 heavy (non-hydrogen) atoms. The van der Waals surface area contributed by atoms with Gasteiger partial charge in [0.25, 0.3) is 0 Å². The molecule has 1 saturated heterocycles. The summed E-state index contributed by atoms with van der Waals surface area (Å²) in [6.45, 7) is 0.595. The minimum atomic E-state index is -0.891. The van der Waals surface area contributed by atoms with Gasteiger partial charge in [-0.05, 0) is 24.6 Å². The van der Waals surface area contributed by atoms with E-state index < -0.39 is 17.9 Å². The number of carboxylic acids is 1. The average molecular weight is 292 g/mol. The molecule has 1 aliphatic heterocycles. The molecular formula is C14H16N2O5. The first-order valence-corrected chi connectivity index (χ1v) is 6.48. The lowest BCUT2D eigenvalue weighted by molar-refractivity contribution is -0.141. The summed E-state index contributed by atoms with van der Waals surface area (Å²) >= 11 is 0. The molecule has 0 radical (unpaired) electrons. The molecule has 1 aliphatic rings. The zero-order valence-electron chi connectivity index (χ0n) is 11.5. The van der Waals surface area contributed by atoms with Crippen molar-refractivity contribution in [3.63, 3.8) is 0 Å². The van der Waals surface area contributed by atoms with Crippen LogP contribution in [0.25, 0.3) is 0 Å². The van der Waals surface area contributed by atoms with E-state index in [1.165, 1.54) is 18.1 Å². The molecule has 0 saturated carbocycles. The summed E-state index contributed by atoms with van der Waals surface area (Å²) in [4.78, 5) is 35.8. The van der Waals surface area contributed by atoms with Crippen LogP contribution in [-0.2, 0) is 9.53 Å². The van der Waals surface area contributed by atoms with E-state index in [9.17, 15) is 14.4 Å². The van der Waals surface area contributed by atoms with Gasteiger partial charge in [-0.1, -0.05) is 6.07 Å². The fourth-order valence-electron chi connectivity index (χ4n) is 2.19. The Kier molecular flexibility index (Phi) is 4.42. The van der Waals surface area contributed by atoms with E-state index in [2.05, 4.69) is 10.1 Å². The van der Waals surface area contributed by atoms with Gasteiger partial charge >= 0.3 is 18.0 Å². The van der Waals surface area contributed by atoms with Crippen LogP contribution in [0.2, 0.25) is 0 Å². The summed E-state index contributed by atoms with van der Waals surface area (Å²) in [6.07, 6.45) is 0.449. The number of anilines is 1. The molecule has 112 valence electrons. The number of nitrogens with one attached hydrogen (secondary N) is 1. The zero-order valence-corrected chi connectivity index (χ0v) is 11.5. The Bertz CT molecular complexity index is 572. The highest BCUT2D eigenvalue weighted by Gasteiger charge is 2.30. The average Bonchev–Trinajstić information content (AvgIpc) is 2.97. The lowest BCUT2D eigenvalue weighted by Gasteiger charge is -2.17. The van der Waals surface area contributed by atoms with Crippen LogP contribution in [0, 0.1) is 5.92 Å². The molecule has 1 atom stereocenters. The lowest BCUT2D eigenvalue weighted by atomic mass is 10.1. The molecule has 2 N–H and O–H groups in total. The van der Waals surface area contributed by atoms with Crippen molar-refractivity contribution >= 4 is 23.7 Å². The second-order valence-electron chi connectivity index (χ2n) is 4.77. The maximum absolute atomic E-state index is 12.0. The third kappa shape index (κ3) is 3.50. The van der Waals surface area contributed by atoms with Gasteiger partial charge in [0, 0.05) is 18.8 Å². The number of nitrogens with zero attached hydrogens (tertiary/aromatic N) is 1. The molecule has 1 unspecified atom stereocenters. The van der Waals surface area contributed by atoms with Gasteiger partial charge in [0.1, 0.15) is 0 Å². The summed E-state index contributed by atoms with van der Waals surface area (Å²) in [5.74, 6) is -1.90. The summed E-state index contributed by atoms with van der Waals surface area (Å²) in [5.41, 5.74) is 0.793. The molecule has 2 amide bonds. The Morgan fingerprint density at radius 1 is 1.38 bits per heavy atom. The van der Waals surface area contributed by atoms with Gasteiger partial charge in [0.15, 0.2) is 0 Å². The lowest BCUT2D eigenvalue weighted by Crippen LogP contribution is -2.33. The molecule has 2 rings (SSSR count). The maximum atomic E-state index is 12.0. The Morgan fingerprint density at radius 2 is 2.14 bits per heavy atom. The molecule has 1 heterocycles. The van der Waals surface area contributed by atoms with Gasteiger partial charge in [0.2, 0.25) is 0 Å². The normalized spacial score (nSPS) is 17.4. The number of esters is 1.